The molecule has 0 saturated carbocycles. The van der Waals surface area contributed by atoms with Crippen molar-refractivity contribution in [3.63, 3.8) is 0 Å². The largest absolute Gasteiger partial charge is 0.341 e. The summed E-state index contributed by atoms with van der Waals surface area (Å²) in [6.07, 6.45) is 2.96. The molecule has 0 spiro atoms. The normalized spacial score (nSPS) is 9.81. The third-order valence-corrected chi connectivity index (χ3v) is 2.64. The smallest absolute Gasteiger partial charge is 0.318 e. The van der Waals surface area contributed by atoms with Crippen LogP contribution in [0.4, 0.5) is 16.2 Å². The van der Waals surface area contributed by atoms with E-state index in [0.29, 0.717) is 11.4 Å². The van der Waals surface area contributed by atoms with Crippen LogP contribution in [0.15, 0.2) is 36.7 Å². The van der Waals surface area contributed by atoms with E-state index in [-0.39, 0.29) is 17.6 Å². The number of hydrogen-bond donors (Lipinski definition) is 3. The zero-order valence-corrected chi connectivity index (χ0v) is 11.7. The molecule has 0 saturated heterocycles. The molecule has 0 atom stereocenters. The Bertz CT molecular complexity index is 637. The Balaban J connectivity index is 2.01. The number of amides is 3. The lowest BCUT2D eigenvalue weighted by Gasteiger charge is -2.07. The Kier molecular flexibility index (Phi) is 4.45. The van der Waals surface area contributed by atoms with E-state index in [0.717, 1.165) is 5.69 Å². The SMILES string of the molecule is CNC(=O)Nc1ccc(NC(=O)c2cnc(C)cn2)cc1. The monoisotopic (exact) mass is 285 g/mol. The summed E-state index contributed by atoms with van der Waals surface area (Å²) in [5.74, 6) is -0.338. The second-order valence-corrected chi connectivity index (χ2v) is 4.28. The van der Waals surface area contributed by atoms with E-state index in [1.807, 2.05) is 0 Å². The van der Waals surface area contributed by atoms with E-state index in [1.165, 1.54) is 19.4 Å². The molecule has 0 unspecified atom stereocenters. The molecule has 2 rings (SSSR count). The van der Waals surface area contributed by atoms with Gasteiger partial charge in [0, 0.05) is 24.6 Å². The molecule has 0 aliphatic carbocycles. The highest BCUT2D eigenvalue weighted by molar-refractivity contribution is 6.02. The van der Waals surface area contributed by atoms with E-state index in [1.54, 1.807) is 31.2 Å². The number of aryl methyl sites for hydroxylation is 1. The van der Waals surface area contributed by atoms with Gasteiger partial charge < -0.3 is 16.0 Å². The summed E-state index contributed by atoms with van der Waals surface area (Å²) >= 11 is 0. The molecule has 3 amide bonds. The van der Waals surface area contributed by atoms with Crippen LogP contribution >= 0.6 is 0 Å². The van der Waals surface area contributed by atoms with Crippen molar-refractivity contribution in [3.05, 3.63) is 48.0 Å². The molecule has 0 radical (unpaired) electrons. The Hall–Kier alpha value is -2.96. The molecule has 0 fully saturated rings. The minimum absolute atomic E-state index is 0.244. The fourth-order valence-electron chi connectivity index (χ4n) is 1.54. The number of aromatic nitrogens is 2. The third kappa shape index (κ3) is 4.00. The van der Waals surface area contributed by atoms with Crippen LogP contribution in [0.2, 0.25) is 0 Å². The topological polar surface area (TPSA) is 96.0 Å². The van der Waals surface area contributed by atoms with Gasteiger partial charge in [-0.2, -0.15) is 0 Å². The summed E-state index contributed by atoms with van der Waals surface area (Å²) < 4.78 is 0. The number of carbonyl (C=O) groups is 2. The van der Waals surface area contributed by atoms with Gasteiger partial charge in [-0.05, 0) is 31.2 Å². The van der Waals surface area contributed by atoms with Gasteiger partial charge in [0.25, 0.3) is 5.91 Å². The number of hydrogen-bond acceptors (Lipinski definition) is 4. The summed E-state index contributed by atoms with van der Waals surface area (Å²) in [7, 11) is 1.53. The molecule has 7 nitrogen and oxygen atoms in total. The highest BCUT2D eigenvalue weighted by Gasteiger charge is 2.08. The molecule has 108 valence electrons. The highest BCUT2D eigenvalue weighted by Crippen LogP contribution is 2.14. The van der Waals surface area contributed by atoms with Crippen molar-refractivity contribution < 1.29 is 9.59 Å². The molecular weight excluding hydrogens is 270 g/mol. The zero-order chi connectivity index (χ0) is 15.2. The van der Waals surface area contributed by atoms with Crippen LogP contribution in [-0.4, -0.2) is 29.0 Å². The van der Waals surface area contributed by atoms with E-state index < -0.39 is 0 Å². The Morgan fingerprint density at radius 2 is 1.57 bits per heavy atom. The van der Waals surface area contributed by atoms with Crippen LogP contribution in [0, 0.1) is 6.92 Å². The van der Waals surface area contributed by atoms with Gasteiger partial charge in [0.05, 0.1) is 11.9 Å². The first kappa shape index (κ1) is 14.4. The minimum Gasteiger partial charge on any atom is -0.341 e. The first-order valence-electron chi connectivity index (χ1n) is 6.27. The Morgan fingerprint density at radius 3 is 2.10 bits per heavy atom. The van der Waals surface area contributed by atoms with Gasteiger partial charge in [-0.25, -0.2) is 9.78 Å². The first-order chi connectivity index (χ1) is 10.1. The number of urea groups is 1. The number of carbonyl (C=O) groups excluding carboxylic acids is 2. The van der Waals surface area contributed by atoms with E-state index in [4.69, 9.17) is 0 Å². The number of nitrogens with one attached hydrogen (secondary N) is 3. The van der Waals surface area contributed by atoms with E-state index in [2.05, 4.69) is 25.9 Å². The maximum absolute atomic E-state index is 11.9. The van der Waals surface area contributed by atoms with Crippen molar-refractivity contribution in [2.24, 2.45) is 0 Å². The lowest BCUT2D eigenvalue weighted by atomic mass is 10.2. The predicted molar refractivity (Wildman–Crippen MR) is 79.2 cm³/mol. The molecule has 0 bridgehead atoms. The summed E-state index contributed by atoms with van der Waals surface area (Å²) in [5.41, 5.74) is 2.22. The molecule has 3 N–H and O–H groups in total. The predicted octanol–water partition coefficient (Wildman–Crippen LogP) is 1.79. The highest BCUT2D eigenvalue weighted by atomic mass is 16.2. The standard InChI is InChI=1S/C14H15N5O2/c1-9-7-17-12(8-16-9)13(20)18-10-3-5-11(6-4-10)19-14(21)15-2/h3-8H,1-2H3,(H,18,20)(H2,15,19,21). The van der Waals surface area contributed by atoms with Crippen LogP contribution < -0.4 is 16.0 Å². The summed E-state index contributed by atoms with van der Waals surface area (Å²) in [5, 5.41) is 7.78. The minimum atomic E-state index is -0.338. The van der Waals surface area contributed by atoms with Crippen LogP contribution in [0.3, 0.4) is 0 Å². The fourth-order valence-corrected chi connectivity index (χ4v) is 1.54. The molecular formula is C14H15N5O2. The quantitative estimate of drug-likeness (QED) is 0.801. The maximum Gasteiger partial charge on any atom is 0.318 e. The maximum atomic E-state index is 11.9. The first-order valence-corrected chi connectivity index (χ1v) is 6.27. The van der Waals surface area contributed by atoms with Gasteiger partial charge in [-0.15, -0.1) is 0 Å². The summed E-state index contributed by atoms with van der Waals surface area (Å²) in [6, 6.07) is 6.44. The van der Waals surface area contributed by atoms with Gasteiger partial charge in [0.15, 0.2) is 0 Å². The van der Waals surface area contributed by atoms with Crippen molar-refractivity contribution in [3.8, 4) is 0 Å². The van der Waals surface area contributed by atoms with Crippen molar-refractivity contribution >= 4 is 23.3 Å². The van der Waals surface area contributed by atoms with Crippen molar-refractivity contribution in [1.82, 2.24) is 15.3 Å². The van der Waals surface area contributed by atoms with Crippen LogP contribution in [0.25, 0.3) is 0 Å². The van der Waals surface area contributed by atoms with E-state index in [9.17, 15) is 9.59 Å². The van der Waals surface area contributed by atoms with Crippen molar-refractivity contribution in [2.75, 3.05) is 17.7 Å². The average molecular weight is 285 g/mol. The van der Waals surface area contributed by atoms with Crippen LogP contribution in [0.5, 0.6) is 0 Å². The van der Waals surface area contributed by atoms with Crippen LogP contribution in [-0.2, 0) is 0 Å². The lowest BCUT2D eigenvalue weighted by Crippen LogP contribution is -2.24. The number of rotatable bonds is 3. The Morgan fingerprint density at radius 1 is 0.952 bits per heavy atom. The zero-order valence-electron chi connectivity index (χ0n) is 11.7. The van der Waals surface area contributed by atoms with Gasteiger partial charge >= 0.3 is 6.03 Å². The molecule has 2 aromatic rings. The summed E-state index contributed by atoms with van der Waals surface area (Å²) in [4.78, 5) is 31.1. The number of nitrogens with zero attached hydrogens (tertiary/aromatic N) is 2. The fraction of sp³-hybridized carbons (Fsp3) is 0.143. The number of anilines is 2. The van der Waals surface area contributed by atoms with Gasteiger partial charge in [0.1, 0.15) is 5.69 Å². The second-order valence-electron chi connectivity index (χ2n) is 4.28. The van der Waals surface area contributed by atoms with Crippen LogP contribution in [0.1, 0.15) is 16.2 Å². The molecule has 0 aliphatic rings. The summed E-state index contributed by atoms with van der Waals surface area (Å²) in [6.45, 7) is 1.80. The van der Waals surface area contributed by atoms with Crippen molar-refractivity contribution in [1.29, 1.82) is 0 Å². The van der Waals surface area contributed by atoms with Gasteiger partial charge in [-0.3, -0.25) is 9.78 Å². The molecule has 7 heteroatoms. The Labute approximate surface area is 121 Å². The number of benzene rings is 1. The molecule has 1 heterocycles. The van der Waals surface area contributed by atoms with Crippen molar-refractivity contribution in [2.45, 2.75) is 6.92 Å². The van der Waals surface area contributed by atoms with Gasteiger partial charge in [0.2, 0.25) is 0 Å². The average Bonchev–Trinajstić information content (AvgIpc) is 2.49. The molecule has 0 aliphatic heterocycles. The molecule has 21 heavy (non-hydrogen) atoms. The molecule has 1 aromatic carbocycles. The molecule has 1 aromatic heterocycles. The third-order valence-electron chi connectivity index (χ3n) is 2.64. The van der Waals surface area contributed by atoms with E-state index >= 15 is 0 Å². The van der Waals surface area contributed by atoms with Gasteiger partial charge in [-0.1, -0.05) is 0 Å². The lowest BCUT2D eigenvalue weighted by molar-refractivity contribution is 0.102. The second kappa shape index (κ2) is 6.47.